The van der Waals surface area contributed by atoms with E-state index in [1.807, 2.05) is 11.3 Å². The van der Waals surface area contributed by atoms with Gasteiger partial charge in [-0.25, -0.2) is 5.84 Å². The highest BCUT2D eigenvalue weighted by Gasteiger charge is 2.20. The van der Waals surface area contributed by atoms with E-state index in [1.54, 1.807) is 0 Å². The number of nitrogens with one attached hydrogen (secondary N) is 1. The molecule has 0 atom stereocenters. The van der Waals surface area contributed by atoms with E-state index >= 15 is 0 Å². The Kier molecular flexibility index (Phi) is 5.16. The van der Waals surface area contributed by atoms with E-state index < -0.39 is 0 Å². The zero-order chi connectivity index (χ0) is 12.8. The lowest BCUT2D eigenvalue weighted by molar-refractivity contribution is -0.121. The SMILES string of the molecule is NNC(=O)CCCN1CCC(c2cccs2)CC1. The summed E-state index contributed by atoms with van der Waals surface area (Å²) in [6.45, 7) is 3.30. The Labute approximate surface area is 112 Å². The Morgan fingerprint density at radius 2 is 2.28 bits per heavy atom. The smallest absolute Gasteiger partial charge is 0.233 e. The van der Waals surface area contributed by atoms with Crippen molar-refractivity contribution in [2.24, 2.45) is 5.84 Å². The van der Waals surface area contributed by atoms with Gasteiger partial charge in [0.15, 0.2) is 0 Å². The number of hydrogen-bond donors (Lipinski definition) is 2. The number of thiophene rings is 1. The molecule has 3 N–H and O–H groups in total. The second-order valence-electron chi connectivity index (χ2n) is 4.80. The number of hydrogen-bond acceptors (Lipinski definition) is 4. The molecule has 0 spiro atoms. The lowest BCUT2D eigenvalue weighted by Gasteiger charge is -2.31. The van der Waals surface area contributed by atoms with Crippen LogP contribution < -0.4 is 11.3 Å². The summed E-state index contributed by atoms with van der Waals surface area (Å²) in [5.41, 5.74) is 2.17. The quantitative estimate of drug-likeness (QED) is 0.485. The predicted molar refractivity (Wildman–Crippen MR) is 74.3 cm³/mol. The average molecular weight is 267 g/mol. The first-order chi connectivity index (χ1) is 8.79. The molecule has 1 fully saturated rings. The molecule has 100 valence electrons. The minimum absolute atomic E-state index is 0.0662. The molecule has 2 heterocycles. The van der Waals surface area contributed by atoms with Gasteiger partial charge in [-0.05, 0) is 56.3 Å². The predicted octanol–water partition coefficient (Wildman–Crippen LogP) is 1.70. The van der Waals surface area contributed by atoms with Crippen molar-refractivity contribution in [3.63, 3.8) is 0 Å². The van der Waals surface area contributed by atoms with Crippen molar-refractivity contribution in [3.05, 3.63) is 22.4 Å². The van der Waals surface area contributed by atoms with Gasteiger partial charge in [-0.3, -0.25) is 10.2 Å². The van der Waals surface area contributed by atoms with Crippen LogP contribution in [0.2, 0.25) is 0 Å². The van der Waals surface area contributed by atoms with Gasteiger partial charge in [0, 0.05) is 11.3 Å². The second-order valence-corrected chi connectivity index (χ2v) is 5.78. The third-order valence-electron chi connectivity index (χ3n) is 3.57. The third-order valence-corrected chi connectivity index (χ3v) is 4.61. The molecule has 1 saturated heterocycles. The molecule has 4 nitrogen and oxygen atoms in total. The summed E-state index contributed by atoms with van der Waals surface area (Å²) < 4.78 is 0. The molecule has 0 unspecified atom stereocenters. The third kappa shape index (κ3) is 3.80. The van der Waals surface area contributed by atoms with Crippen LogP contribution in [0.25, 0.3) is 0 Å². The lowest BCUT2D eigenvalue weighted by Crippen LogP contribution is -2.35. The Morgan fingerprint density at radius 1 is 1.50 bits per heavy atom. The maximum Gasteiger partial charge on any atom is 0.233 e. The van der Waals surface area contributed by atoms with Gasteiger partial charge in [0.2, 0.25) is 5.91 Å². The van der Waals surface area contributed by atoms with Gasteiger partial charge in [-0.2, -0.15) is 0 Å². The Bertz CT molecular complexity index is 358. The first-order valence-corrected chi connectivity index (χ1v) is 7.43. The first-order valence-electron chi connectivity index (χ1n) is 6.55. The van der Waals surface area contributed by atoms with Gasteiger partial charge in [0.1, 0.15) is 0 Å². The van der Waals surface area contributed by atoms with Gasteiger partial charge >= 0.3 is 0 Å². The highest BCUT2D eigenvalue weighted by Crippen LogP contribution is 2.30. The fourth-order valence-corrected chi connectivity index (χ4v) is 3.40. The number of rotatable bonds is 5. The van der Waals surface area contributed by atoms with Crippen LogP contribution in [-0.2, 0) is 4.79 Å². The van der Waals surface area contributed by atoms with Crippen LogP contribution >= 0.6 is 11.3 Å². The monoisotopic (exact) mass is 267 g/mol. The first kappa shape index (κ1) is 13.5. The van der Waals surface area contributed by atoms with Crippen molar-refractivity contribution in [1.82, 2.24) is 10.3 Å². The number of nitrogens with zero attached hydrogens (tertiary/aromatic N) is 1. The summed E-state index contributed by atoms with van der Waals surface area (Å²) in [4.78, 5) is 15.0. The second kappa shape index (κ2) is 6.87. The molecule has 2 rings (SSSR count). The number of carbonyl (C=O) groups excluding carboxylic acids is 1. The van der Waals surface area contributed by atoms with Gasteiger partial charge in [0.25, 0.3) is 0 Å². The van der Waals surface area contributed by atoms with E-state index in [0.29, 0.717) is 6.42 Å². The Balaban J connectivity index is 1.66. The fourth-order valence-electron chi connectivity index (χ4n) is 2.50. The standard InChI is InChI=1S/C13H21N3OS/c14-15-13(17)4-1-7-16-8-5-11(6-9-16)12-3-2-10-18-12/h2-3,10-11H,1,4-9,14H2,(H,15,17). The molecule has 0 radical (unpaired) electrons. The van der Waals surface area contributed by atoms with Crippen molar-refractivity contribution in [1.29, 1.82) is 0 Å². The Morgan fingerprint density at radius 3 is 2.89 bits per heavy atom. The number of carbonyl (C=O) groups is 1. The van der Waals surface area contributed by atoms with Crippen molar-refractivity contribution in [2.45, 2.75) is 31.6 Å². The largest absolute Gasteiger partial charge is 0.303 e. The van der Waals surface area contributed by atoms with Gasteiger partial charge in [0.05, 0.1) is 0 Å². The highest BCUT2D eigenvalue weighted by atomic mass is 32.1. The lowest BCUT2D eigenvalue weighted by atomic mass is 9.95. The van der Waals surface area contributed by atoms with Crippen LogP contribution in [0, 0.1) is 0 Å². The van der Waals surface area contributed by atoms with Crippen LogP contribution in [0.3, 0.4) is 0 Å². The van der Waals surface area contributed by atoms with Crippen molar-refractivity contribution in [2.75, 3.05) is 19.6 Å². The number of piperidine rings is 1. The number of hydrazine groups is 1. The fraction of sp³-hybridized carbons (Fsp3) is 0.615. The summed E-state index contributed by atoms with van der Waals surface area (Å²) >= 11 is 1.87. The number of likely N-dealkylation sites (tertiary alicyclic amines) is 1. The molecule has 5 heteroatoms. The maximum absolute atomic E-state index is 11.0. The Hall–Kier alpha value is -0.910. The van der Waals surface area contributed by atoms with E-state index in [4.69, 9.17) is 5.84 Å². The molecule has 1 aromatic rings. The summed E-state index contributed by atoms with van der Waals surface area (Å²) in [5.74, 6) is 5.73. The summed E-state index contributed by atoms with van der Waals surface area (Å²) in [5, 5.41) is 2.16. The van der Waals surface area contributed by atoms with Crippen LogP contribution in [0.1, 0.15) is 36.5 Å². The minimum Gasteiger partial charge on any atom is -0.303 e. The van der Waals surface area contributed by atoms with Crippen molar-refractivity contribution in [3.8, 4) is 0 Å². The summed E-state index contributed by atoms with van der Waals surface area (Å²) in [6, 6.07) is 4.38. The maximum atomic E-state index is 11.0. The summed E-state index contributed by atoms with van der Waals surface area (Å²) in [7, 11) is 0. The van der Waals surface area contributed by atoms with E-state index in [-0.39, 0.29) is 5.91 Å². The molecular weight excluding hydrogens is 246 g/mol. The molecule has 1 aliphatic heterocycles. The van der Waals surface area contributed by atoms with Gasteiger partial charge in [-0.15, -0.1) is 11.3 Å². The molecule has 0 aromatic carbocycles. The zero-order valence-electron chi connectivity index (χ0n) is 10.6. The molecule has 18 heavy (non-hydrogen) atoms. The number of amides is 1. The molecule has 1 amide bonds. The topological polar surface area (TPSA) is 58.4 Å². The number of nitrogens with two attached hydrogens (primary N) is 1. The molecule has 1 aromatic heterocycles. The van der Waals surface area contributed by atoms with Crippen LogP contribution in [0.15, 0.2) is 17.5 Å². The molecule has 0 bridgehead atoms. The molecular formula is C13H21N3OS. The van der Waals surface area contributed by atoms with E-state index in [1.165, 1.54) is 17.7 Å². The molecule has 0 aliphatic carbocycles. The van der Waals surface area contributed by atoms with Crippen LogP contribution in [0.5, 0.6) is 0 Å². The minimum atomic E-state index is -0.0662. The molecule has 0 saturated carbocycles. The van der Waals surface area contributed by atoms with Crippen molar-refractivity contribution >= 4 is 17.2 Å². The van der Waals surface area contributed by atoms with E-state index in [9.17, 15) is 4.79 Å². The van der Waals surface area contributed by atoms with E-state index in [0.717, 1.165) is 32.0 Å². The highest BCUT2D eigenvalue weighted by molar-refractivity contribution is 7.10. The van der Waals surface area contributed by atoms with Crippen LogP contribution in [-0.4, -0.2) is 30.4 Å². The van der Waals surface area contributed by atoms with Crippen LogP contribution in [0.4, 0.5) is 0 Å². The zero-order valence-corrected chi connectivity index (χ0v) is 11.4. The van der Waals surface area contributed by atoms with Gasteiger partial charge < -0.3 is 4.90 Å². The normalized spacial score (nSPS) is 17.8. The summed E-state index contributed by atoms with van der Waals surface area (Å²) in [6.07, 6.45) is 3.90. The molecule has 1 aliphatic rings. The average Bonchev–Trinajstić information content (AvgIpc) is 2.93. The van der Waals surface area contributed by atoms with Gasteiger partial charge in [-0.1, -0.05) is 6.07 Å². The van der Waals surface area contributed by atoms with Crippen molar-refractivity contribution < 1.29 is 4.79 Å². The van der Waals surface area contributed by atoms with E-state index in [2.05, 4.69) is 27.8 Å².